The first-order chi connectivity index (χ1) is 13.1. The van der Waals surface area contributed by atoms with Crippen LogP contribution in [0, 0.1) is 5.92 Å². The zero-order valence-electron chi connectivity index (χ0n) is 15.5. The Kier molecular flexibility index (Phi) is 4.70. The Bertz CT molecular complexity index is 934. The molecule has 27 heavy (non-hydrogen) atoms. The van der Waals surface area contributed by atoms with Crippen molar-refractivity contribution in [3.8, 4) is 0 Å². The van der Waals surface area contributed by atoms with Crippen LogP contribution in [0.2, 0.25) is 0 Å². The molecule has 8 heteroatoms. The maximum absolute atomic E-state index is 12.5. The molecule has 0 aliphatic carbocycles. The molecule has 1 aromatic carbocycles. The molecule has 3 heterocycles. The van der Waals surface area contributed by atoms with Gasteiger partial charge in [-0.15, -0.1) is 5.10 Å². The first-order valence-corrected chi connectivity index (χ1v) is 9.21. The number of hydrogen-bond acceptors (Lipinski definition) is 6. The molecule has 0 spiro atoms. The average Bonchev–Trinajstić information content (AvgIpc) is 3.02. The van der Waals surface area contributed by atoms with E-state index in [1.165, 1.54) is 11.9 Å². The third kappa shape index (κ3) is 3.60. The second-order valence-corrected chi connectivity index (χ2v) is 7.12. The predicted octanol–water partition coefficient (Wildman–Crippen LogP) is 1.33. The topological polar surface area (TPSA) is 88.8 Å². The fraction of sp³-hybridized carbons (Fsp3) is 0.421. The van der Waals surface area contributed by atoms with Crippen LogP contribution in [0.4, 0.5) is 5.82 Å². The van der Waals surface area contributed by atoms with E-state index in [-0.39, 0.29) is 17.9 Å². The summed E-state index contributed by atoms with van der Waals surface area (Å²) in [6.45, 7) is 3.34. The Balaban J connectivity index is 1.29. The number of hydrogen-bond donors (Lipinski definition) is 1. The van der Waals surface area contributed by atoms with Gasteiger partial charge in [-0.3, -0.25) is 4.79 Å². The van der Waals surface area contributed by atoms with Crippen LogP contribution < -0.4 is 10.2 Å². The fourth-order valence-electron chi connectivity index (χ4n) is 3.35. The fourth-order valence-corrected chi connectivity index (χ4v) is 3.35. The molecule has 1 unspecified atom stereocenters. The number of anilines is 1. The summed E-state index contributed by atoms with van der Waals surface area (Å²) in [5.74, 6) is 0.830. The third-order valence-corrected chi connectivity index (χ3v) is 5.02. The van der Waals surface area contributed by atoms with E-state index in [1.54, 1.807) is 11.7 Å². The monoisotopic (exact) mass is 365 g/mol. The highest BCUT2D eigenvalue weighted by atomic mass is 16.2. The Morgan fingerprint density at radius 3 is 2.81 bits per heavy atom. The number of nitrogens with one attached hydrogen (secondary N) is 1. The Labute approximate surface area is 157 Å². The molecule has 1 N–H and O–H groups in total. The van der Waals surface area contributed by atoms with Crippen LogP contribution in [-0.2, 0) is 18.3 Å². The molecule has 4 rings (SSSR count). The summed E-state index contributed by atoms with van der Waals surface area (Å²) >= 11 is 0. The van der Waals surface area contributed by atoms with Crippen molar-refractivity contribution in [1.29, 1.82) is 0 Å². The van der Waals surface area contributed by atoms with Gasteiger partial charge in [-0.25, -0.2) is 14.6 Å². The average molecular weight is 365 g/mol. The van der Waals surface area contributed by atoms with Crippen LogP contribution in [0.25, 0.3) is 11.2 Å². The van der Waals surface area contributed by atoms with E-state index >= 15 is 0 Å². The predicted molar refractivity (Wildman–Crippen MR) is 102 cm³/mol. The first kappa shape index (κ1) is 17.4. The number of amides is 1. The molecule has 3 aromatic rings. The van der Waals surface area contributed by atoms with E-state index in [1.807, 2.05) is 18.2 Å². The number of carbonyl (C=O) groups excluding carboxylic acids is 1. The van der Waals surface area contributed by atoms with Crippen LogP contribution in [-0.4, -0.2) is 50.0 Å². The molecular weight excluding hydrogens is 342 g/mol. The van der Waals surface area contributed by atoms with E-state index in [0.29, 0.717) is 24.3 Å². The van der Waals surface area contributed by atoms with E-state index < -0.39 is 0 Å². The van der Waals surface area contributed by atoms with E-state index in [4.69, 9.17) is 0 Å². The van der Waals surface area contributed by atoms with Gasteiger partial charge < -0.3 is 10.2 Å². The highest BCUT2D eigenvalue weighted by Crippen LogP contribution is 2.27. The maximum Gasteiger partial charge on any atom is 0.226 e. The van der Waals surface area contributed by atoms with E-state index in [9.17, 15) is 4.79 Å². The number of nitrogens with zero attached hydrogens (tertiary/aromatic N) is 6. The van der Waals surface area contributed by atoms with Crippen molar-refractivity contribution in [1.82, 2.24) is 30.3 Å². The standard InChI is InChI=1S/C19H23N7O/c1-13(8-9-14-6-4-3-5-7-14)22-19(27)15-10-26(11-15)18-16-17(20-12-21-18)25(2)24-23-16/h3-7,12-13,15H,8-11H2,1-2H3,(H,22,27). The minimum atomic E-state index is -0.0223. The van der Waals surface area contributed by atoms with Crippen molar-refractivity contribution < 1.29 is 4.79 Å². The van der Waals surface area contributed by atoms with Crippen molar-refractivity contribution in [2.45, 2.75) is 25.8 Å². The molecule has 0 radical (unpaired) electrons. The molecule has 1 fully saturated rings. The van der Waals surface area contributed by atoms with Crippen LogP contribution >= 0.6 is 0 Å². The van der Waals surface area contributed by atoms with E-state index in [0.717, 1.165) is 18.7 Å². The van der Waals surface area contributed by atoms with Crippen LogP contribution in [0.1, 0.15) is 18.9 Å². The van der Waals surface area contributed by atoms with Gasteiger partial charge in [0.1, 0.15) is 6.33 Å². The molecule has 0 saturated carbocycles. The summed E-state index contributed by atoms with van der Waals surface area (Å²) in [4.78, 5) is 23.1. The summed E-state index contributed by atoms with van der Waals surface area (Å²) in [6, 6.07) is 10.5. The van der Waals surface area contributed by atoms with Gasteiger partial charge in [0, 0.05) is 26.2 Å². The summed E-state index contributed by atoms with van der Waals surface area (Å²) in [7, 11) is 1.80. The van der Waals surface area contributed by atoms with Gasteiger partial charge in [0.05, 0.1) is 5.92 Å². The molecule has 1 saturated heterocycles. The van der Waals surface area contributed by atoms with Gasteiger partial charge in [-0.2, -0.15) is 0 Å². The lowest BCUT2D eigenvalue weighted by atomic mass is 9.98. The maximum atomic E-state index is 12.5. The summed E-state index contributed by atoms with van der Waals surface area (Å²) < 4.78 is 1.62. The molecule has 8 nitrogen and oxygen atoms in total. The molecule has 2 aromatic heterocycles. The summed E-state index contributed by atoms with van der Waals surface area (Å²) in [5, 5.41) is 11.3. The van der Waals surface area contributed by atoms with Crippen molar-refractivity contribution in [3.05, 3.63) is 42.2 Å². The largest absolute Gasteiger partial charge is 0.353 e. The molecule has 1 atom stereocenters. The number of benzene rings is 1. The lowest BCUT2D eigenvalue weighted by Gasteiger charge is -2.39. The Hall–Kier alpha value is -3.03. The second kappa shape index (κ2) is 7.30. The molecular formula is C19H23N7O. The zero-order chi connectivity index (χ0) is 18.8. The Morgan fingerprint density at radius 2 is 2.04 bits per heavy atom. The lowest BCUT2D eigenvalue weighted by Crippen LogP contribution is -2.55. The molecule has 1 amide bonds. The number of aryl methyl sites for hydroxylation is 2. The van der Waals surface area contributed by atoms with Gasteiger partial charge in [0.25, 0.3) is 0 Å². The smallest absolute Gasteiger partial charge is 0.226 e. The highest BCUT2D eigenvalue weighted by molar-refractivity contribution is 5.86. The minimum absolute atomic E-state index is 0.0223. The van der Waals surface area contributed by atoms with Gasteiger partial charge in [0.15, 0.2) is 17.0 Å². The normalized spacial score (nSPS) is 15.6. The molecule has 1 aliphatic heterocycles. The van der Waals surface area contributed by atoms with Crippen molar-refractivity contribution in [2.75, 3.05) is 18.0 Å². The van der Waals surface area contributed by atoms with Crippen LogP contribution in [0.15, 0.2) is 36.7 Å². The first-order valence-electron chi connectivity index (χ1n) is 9.21. The van der Waals surface area contributed by atoms with Gasteiger partial charge in [-0.1, -0.05) is 35.5 Å². The number of fused-ring (bicyclic) bond motifs is 1. The van der Waals surface area contributed by atoms with Gasteiger partial charge in [0.2, 0.25) is 5.91 Å². The van der Waals surface area contributed by atoms with Crippen molar-refractivity contribution in [2.24, 2.45) is 13.0 Å². The molecule has 1 aliphatic rings. The quantitative estimate of drug-likeness (QED) is 0.709. The van der Waals surface area contributed by atoms with Gasteiger partial charge in [-0.05, 0) is 25.3 Å². The Morgan fingerprint density at radius 1 is 1.26 bits per heavy atom. The van der Waals surface area contributed by atoms with Crippen molar-refractivity contribution >= 4 is 22.9 Å². The number of rotatable bonds is 6. The third-order valence-electron chi connectivity index (χ3n) is 5.02. The summed E-state index contributed by atoms with van der Waals surface area (Å²) in [6.07, 6.45) is 3.41. The SMILES string of the molecule is CC(CCc1ccccc1)NC(=O)C1CN(c2ncnc3c2nnn3C)C1. The van der Waals surface area contributed by atoms with Gasteiger partial charge >= 0.3 is 0 Å². The van der Waals surface area contributed by atoms with Crippen molar-refractivity contribution in [3.63, 3.8) is 0 Å². The number of aromatic nitrogens is 5. The van der Waals surface area contributed by atoms with Crippen LogP contribution in [0.3, 0.4) is 0 Å². The minimum Gasteiger partial charge on any atom is -0.353 e. The molecule has 140 valence electrons. The van der Waals surface area contributed by atoms with E-state index in [2.05, 4.69) is 49.6 Å². The second-order valence-electron chi connectivity index (χ2n) is 7.12. The zero-order valence-corrected chi connectivity index (χ0v) is 15.5. The highest BCUT2D eigenvalue weighted by Gasteiger charge is 2.35. The molecule has 0 bridgehead atoms. The number of carbonyl (C=O) groups is 1. The lowest BCUT2D eigenvalue weighted by molar-refractivity contribution is -0.126. The summed E-state index contributed by atoms with van der Waals surface area (Å²) in [5.41, 5.74) is 2.67. The van der Waals surface area contributed by atoms with Crippen LogP contribution in [0.5, 0.6) is 0 Å².